The SMILES string of the molecule is COC(=O)[C@@]12[C@H]3[C@@H]4[C@H]1[C@]1(C)[C@@]4(C(=O)Oc4ccc([N+](=O)[O-])cc4)[C@@H]3[C@@]21C. The van der Waals surface area contributed by atoms with Gasteiger partial charge in [0.1, 0.15) is 5.75 Å². The fraction of sp³-hybridized carbons (Fsp3) is 0.579. The normalized spacial score (nSPS) is 52.1. The molecular weight excluding hydrogens is 338 g/mol. The molecule has 0 radical (unpaired) electrons. The first-order chi connectivity index (χ1) is 12.3. The Morgan fingerprint density at radius 2 is 1.50 bits per heavy atom. The van der Waals surface area contributed by atoms with Gasteiger partial charge >= 0.3 is 11.9 Å². The van der Waals surface area contributed by atoms with Gasteiger partial charge in [0, 0.05) is 12.1 Å². The van der Waals surface area contributed by atoms with Gasteiger partial charge in [0.05, 0.1) is 22.9 Å². The van der Waals surface area contributed by atoms with E-state index in [9.17, 15) is 19.7 Å². The van der Waals surface area contributed by atoms with Gasteiger partial charge in [-0.25, -0.2) is 0 Å². The molecule has 6 aliphatic rings. The minimum absolute atomic E-state index is 0.0410. The Morgan fingerprint density at radius 3 is 1.92 bits per heavy atom. The minimum atomic E-state index is -0.488. The fourth-order valence-electron chi connectivity index (χ4n) is 8.84. The number of nitro benzene ring substituents is 1. The Morgan fingerprint density at radius 1 is 1.00 bits per heavy atom. The van der Waals surface area contributed by atoms with E-state index in [1.807, 2.05) is 0 Å². The number of methoxy groups -OCH3 is 1. The number of hydrogen-bond acceptors (Lipinski definition) is 6. The number of carbonyl (C=O) groups excluding carboxylic acids is 2. The third-order valence-corrected chi connectivity index (χ3v) is 9.30. The number of nitrogens with zero attached hydrogens (tertiary/aromatic N) is 1. The van der Waals surface area contributed by atoms with Crippen molar-refractivity contribution in [1.82, 2.24) is 0 Å². The standard InChI is InChI=1S/C19H17NO6/c1-16-13-10-11-12(18(10,16)14(21)25-3)17(16,2)19(11,13)15(22)26-9-6-4-8(5-7-9)20(23)24/h4-7,10-13H,1-3H3/t10-,11+,12-,13-,16+,17-,18+,19+/m0/s1. The molecule has 1 aromatic carbocycles. The quantitative estimate of drug-likeness (QED) is 0.356. The average Bonchev–Trinajstić information content (AvgIpc) is 2.61. The highest BCUT2D eigenvalue weighted by molar-refractivity contribution is 6.00. The van der Waals surface area contributed by atoms with E-state index in [1.165, 1.54) is 31.4 Å². The summed E-state index contributed by atoms with van der Waals surface area (Å²) in [4.78, 5) is 35.7. The fourth-order valence-corrected chi connectivity index (χ4v) is 8.84. The van der Waals surface area contributed by atoms with E-state index in [4.69, 9.17) is 9.47 Å². The van der Waals surface area contributed by atoms with Gasteiger partial charge < -0.3 is 9.47 Å². The summed E-state index contributed by atoms with van der Waals surface area (Å²) >= 11 is 0. The van der Waals surface area contributed by atoms with Crippen LogP contribution in [0.15, 0.2) is 24.3 Å². The zero-order valence-corrected chi connectivity index (χ0v) is 14.5. The number of non-ortho nitro benzene ring substituents is 1. The van der Waals surface area contributed by atoms with Crippen LogP contribution in [0.2, 0.25) is 0 Å². The van der Waals surface area contributed by atoms with E-state index in [2.05, 4.69) is 13.8 Å². The summed E-state index contributed by atoms with van der Waals surface area (Å²) in [6.07, 6.45) is 0. The molecule has 7 rings (SSSR count). The van der Waals surface area contributed by atoms with E-state index in [0.717, 1.165) is 0 Å². The lowest BCUT2D eigenvalue weighted by atomic mass is 8.84. The second kappa shape index (κ2) is 3.52. The topological polar surface area (TPSA) is 95.7 Å². The molecule has 6 saturated carbocycles. The third-order valence-electron chi connectivity index (χ3n) is 9.30. The molecule has 6 aliphatic carbocycles. The smallest absolute Gasteiger partial charge is 0.318 e. The Bertz CT molecular complexity index is 957. The van der Waals surface area contributed by atoms with Crippen LogP contribution in [0.3, 0.4) is 0 Å². The molecule has 26 heavy (non-hydrogen) atoms. The molecule has 0 bridgehead atoms. The monoisotopic (exact) mass is 355 g/mol. The summed E-state index contributed by atoms with van der Waals surface area (Å²) in [5, 5.41) is 10.7. The molecule has 134 valence electrons. The first kappa shape index (κ1) is 14.7. The zero-order chi connectivity index (χ0) is 18.4. The van der Waals surface area contributed by atoms with Gasteiger partial charge in [0.2, 0.25) is 0 Å². The molecule has 0 unspecified atom stereocenters. The van der Waals surface area contributed by atoms with Crippen LogP contribution in [0, 0.1) is 55.4 Å². The molecule has 7 nitrogen and oxygen atoms in total. The van der Waals surface area contributed by atoms with Crippen molar-refractivity contribution in [3.8, 4) is 5.75 Å². The number of esters is 2. The number of hydrogen-bond donors (Lipinski definition) is 0. The van der Waals surface area contributed by atoms with Crippen LogP contribution in [-0.2, 0) is 14.3 Å². The second-order valence-corrected chi connectivity index (χ2v) is 8.78. The molecule has 0 heterocycles. The highest BCUT2D eigenvalue weighted by atomic mass is 16.6. The maximum atomic E-state index is 13.0. The van der Waals surface area contributed by atoms with Gasteiger partial charge in [-0.2, -0.15) is 0 Å². The largest absolute Gasteiger partial charge is 0.469 e. The maximum absolute atomic E-state index is 13.0. The molecule has 0 spiro atoms. The number of benzene rings is 1. The molecule has 0 N–H and O–H groups in total. The zero-order valence-electron chi connectivity index (χ0n) is 14.5. The molecule has 0 aliphatic heterocycles. The first-order valence-corrected chi connectivity index (χ1v) is 8.82. The summed E-state index contributed by atoms with van der Waals surface area (Å²) in [6.45, 7) is 4.23. The van der Waals surface area contributed by atoms with Gasteiger partial charge in [-0.05, 0) is 46.6 Å². The van der Waals surface area contributed by atoms with Crippen molar-refractivity contribution < 1.29 is 24.0 Å². The van der Waals surface area contributed by atoms with E-state index >= 15 is 0 Å². The molecule has 0 aromatic heterocycles. The van der Waals surface area contributed by atoms with Gasteiger partial charge in [0.25, 0.3) is 5.69 Å². The Balaban J connectivity index is 1.29. The predicted octanol–water partition coefficient (Wildman–Crippen LogP) is 2.19. The van der Waals surface area contributed by atoms with Crippen molar-refractivity contribution in [3.05, 3.63) is 34.4 Å². The van der Waals surface area contributed by atoms with Gasteiger partial charge in [-0.15, -0.1) is 0 Å². The van der Waals surface area contributed by atoms with Gasteiger partial charge in [0.15, 0.2) is 0 Å². The second-order valence-electron chi connectivity index (χ2n) is 8.78. The Hall–Kier alpha value is -2.44. The van der Waals surface area contributed by atoms with E-state index < -0.39 is 10.3 Å². The molecule has 0 saturated heterocycles. The van der Waals surface area contributed by atoms with Crippen molar-refractivity contribution >= 4 is 17.6 Å². The molecule has 6 fully saturated rings. The van der Waals surface area contributed by atoms with Crippen LogP contribution < -0.4 is 4.74 Å². The number of ether oxygens (including phenoxy) is 2. The van der Waals surface area contributed by atoms with E-state index in [-0.39, 0.29) is 57.5 Å². The van der Waals surface area contributed by atoms with Crippen molar-refractivity contribution in [2.24, 2.45) is 45.3 Å². The van der Waals surface area contributed by atoms with Crippen LogP contribution >= 0.6 is 0 Å². The van der Waals surface area contributed by atoms with Crippen LogP contribution in [0.5, 0.6) is 5.75 Å². The van der Waals surface area contributed by atoms with Crippen LogP contribution in [-0.4, -0.2) is 24.0 Å². The number of nitro groups is 1. The van der Waals surface area contributed by atoms with Crippen molar-refractivity contribution in [3.63, 3.8) is 0 Å². The summed E-state index contributed by atoms with van der Waals surface area (Å²) in [5.74, 6) is 0.876. The number of rotatable bonds is 4. The molecule has 7 heteroatoms. The highest BCUT2D eigenvalue weighted by Crippen LogP contribution is 3.18. The van der Waals surface area contributed by atoms with Crippen LogP contribution in [0.1, 0.15) is 13.8 Å². The number of carbonyl (C=O) groups is 2. The molecular formula is C19H17NO6. The summed E-state index contributed by atoms with van der Waals surface area (Å²) in [5.41, 5.74) is -1.24. The van der Waals surface area contributed by atoms with Gasteiger partial charge in [-0.1, -0.05) is 13.8 Å². The third kappa shape index (κ3) is 0.834. The van der Waals surface area contributed by atoms with E-state index in [1.54, 1.807) is 0 Å². The lowest BCUT2D eigenvalue weighted by Gasteiger charge is -3.16. The van der Waals surface area contributed by atoms with Crippen molar-refractivity contribution in [2.45, 2.75) is 13.8 Å². The molecule has 0 amide bonds. The van der Waals surface area contributed by atoms with E-state index in [0.29, 0.717) is 5.75 Å². The van der Waals surface area contributed by atoms with Crippen LogP contribution in [0.25, 0.3) is 0 Å². The van der Waals surface area contributed by atoms with Crippen molar-refractivity contribution in [1.29, 1.82) is 0 Å². The Kier molecular flexibility index (Phi) is 1.99. The van der Waals surface area contributed by atoms with Crippen LogP contribution in [0.4, 0.5) is 5.69 Å². The minimum Gasteiger partial charge on any atom is -0.469 e. The predicted molar refractivity (Wildman–Crippen MR) is 85.8 cm³/mol. The lowest BCUT2D eigenvalue weighted by Crippen LogP contribution is -3.19. The maximum Gasteiger partial charge on any atom is 0.318 e. The molecule has 1 aromatic rings. The summed E-state index contributed by atoms with van der Waals surface area (Å²) in [7, 11) is 1.44. The van der Waals surface area contributed by atoms with Crippen molar-refractivity contribution in [2.75, 3.05) is 7.11 Å². The first-order valence-electron chi connectivity index (χ1n) is 8.82. The lowest BCUT2D eigenvalue weighted by molar-refractivity contribution is -0.708. The summed E-state index contributed by atoms with van der Waals surface area (Å²) < 4.78 is 10.7. The Labute approximate surface area is 148 Å². The average molecular weight is 355 g/mol. The highest BCUT2D eigenvalue weighted by Gasteiger charge is 3.21. The summed E-state index contributed by atoms with van der Waals surface area (Å²) in [6, 6.07) is 5.57. The van der Waals surface area contributed by atoms with Gasteiger partial charge in [-0.3, -0.25) is 19.7 Å². The molecule has 8 atom stereocenters.